The van der Waals surface area contributed by atoms with E-state index in [1.54, 1.807) is 6.07 Å². The lowest BCUT2D eigenvalue weighted by Crippen LogP contribution is -2.34. The van der Waals surface area contributed by atoms with Gasteiger partial charge in [0.05, 0.1) is 16.3 Å². The summed E-state index contributed by atoms with van der Waals surface area (Å²) in [5.41, 5.74) is 5.90. The average molecular weight is 266 g/mol. The fraction of sp³-hybridized carbons (Fsp3) is 0.333. The Bertz CT molecular complexity index is 525. The Morgan fingerprint density at radius 3 is 2.78 bits per heavy atom. The molecule has 0 fully saturated rings. The third kappa shape index (κ3) is 3.58. The van der Waals surface area contributed by atoms with Crippen molar-refractivity contribution in [2.75, 3.05) is 20.2 Å². The van der Waals surface area contributed by atoms with Crippen molar-refractivity contribution in [2.24, 2.45) is 5.73 Å². The number of thiophene rings is 1. The van der Waals surface area contributed by atoms with Gasteiger partial charge in [0.25, 0.3) is 5.91 Å². The van der Waals surface area contributed by atoms with Gasteiger partial charge < -0.3 is 15.7 Å². The maximum absolute atomic E-state index is 12.0. The number of likely N-dealkylation sites (N-methyl/N-ethyl adjacent to an activating group) is 1. The number of aryl methyl sites for hydroxylation is 1. The van der Waals surface area contributed by atoms with Crippen molar-refractivity contribution in [3.05, 3.63) is 21.4 Å². The van der Waals surface area contributed by atoms with Crippen LogP contribution in [0.1, 0.15) is 20.1 Å². The summed E-state index contributed by atoms with van der Waals surface area (Å²) >= 11 is 1.23. The largest absolute Gasteiger partial charge is 0.384 e. The molecule has 6 heteroatoms. The van der Waals surface area contributed by atoms with Gasteiger partial charge in [-0.3, -0.25) is 9.59 Å². The molecular weight excluding hydrogens is 252 g/mol. The molecule has 0 atom stereocenters. The van der Waals surface area contributed by atoms with Crippen LogP contribution in [-0.2, 0) is 4.79 Å². The molecule has 0 aliphatic heterocycles. The van der Waals surface area contributed by atoms with E-state index in [1.807, 2.05) is 6.92 Å². The predicted molar refractivity (Wildman–Crippen MR) is 69.2 cm³/mol. The maximum Gasteiger partial charge on any atom is 0.264 e. The van der Waals surface area contributed by atoms with Gasteiger partial charge in [0, 0.05) is 7.05 Å². The van der Waals surface area contributed by atoms with Crippen LogP contribution in [0.25, 0.3) is 0 Å². The van der Waals surface area contributed by atoms with Gasteiger partial charge in [-0.05, 0) is 18.6 Å². The molecule has 2 amide bonds. The lowest BCUT2D eigenvalue weighted by Gasteiger charge is -2.13. The normalized spacial score (nSPS) is 9.50. The van der Waals surface area contributed by atoms with Crippen molar-refractivity contribution in [2.45, 2.75) is 6.92 Å². The first-order valence-electron chi connectivity index (χ1n) is 5.19. The first kappa shape index (κ1) is 14.2. The molecule has 0 aliphatic rings. The zero-order chi connectivity index (χ0) is 13.7. The second-order valence-corrected chi connectivity index (χ2v) is 4.76. The molecule has 18 heavy (non-hydrogen) atoms. The van der Waals surface area contributed by atoms with E-state index >= 15 is 0 Å². The summed E-state index contributed by atoms with van der Waals surface area (Å²) in [6.07, 6.45) is 0. The minimum Gasteiger partial charge on any atom is -0.384 e. The van der Waals surface area contributed by atoms with Gasteiger partial charge in [-0.25, -0.2) is 0 Å². The summed E-state index contributed by atoms with van der Waals surface area (Å²) in [4.78, 5) is 25.2. The monoisotopic (exact) mass is 266 g/mol. The number of nitrogens with two attached hydrogens (primary N) is 1. The van der Waals surface area contributed by atoms with E-state index < -0.39 is 5.91 Å². The number of hydrogen-bond acceptors (Lipinski definition) is 4. The van der Waals surface area contributed by atoms with E-state index in [0.29, 0.717) is 4.88 Å². The summed E-state index contributed by atoms with van der Waals surface area (Å²) < 4.78 is 0. The molecule has 0 aromatic carbocycles. The first-order valence-corrected chi connectivity index (χ1v) is 6.01. The highest BCUT2D eigenvalue weighted by atomic mass is 32.1. The minimum absolute atomic E-state index is 0.118. The molecular formula is C12H14N2O3S. The van der Waals surface area contributed by atoms with Crippen LogP contribution >= 0.6 is 11.3 Å². The Labute approximate surface area is 109 Å². The molecule has 1 rings (SSSR count). The third-order valence-electron chi connectivity index (χ3n) is 2.15. The van der Waals surface area contributed by atoms with Crippen LogP contribution in [-0.4, -0.2) is 42.0 Å². The topological polar surface area (TPSA) is 83.6 Å². The number of rotatable bonds is 3. The second kappa shape index (κ2) is 6.19. The lowest BCUT2D eigenvalue weighted by atomic mass is 10.2. The Morgan fingerprint density at radius 2 is 2.22 bits per heavy atom. The molecule has 0 spiro atoms. The van der Waals surface area contributed by atoms with Crippen LogP contribution in [0.3, 0.4) is 0 Å². The van der Waals surface area contributed by atoms with E-state index in [2.05, 4.69) is 11.8 Å². The molecule has 1 aromatic heterocycles. The van der Waals surface area contributed by atoms with Crippen LogP contribution in [0.2, 0.25) is 0 Å². The summed E-state index contributed by atoms with van der Waals surface area (Å²) in [6.45, 7) is 1.50. The minimum atomic E-state index is -0.556. The number of carbonyl (C=O) groups is 2. The smallest absolute Gasteiger partial charge is 0.264 e. The quantitative estimate of drug-likeness (QED) is 0.753. The molecule has 0 saturated carbocycles. The number of hydrogen-bond donors (Lipinski definition) is 2. The van der Waals surface area contributed by atoms with Crippen LogP contribution in [0, 0.1) is 18.8 Å². The Kier molecular flexibility index (Phi) is 4.89. The number of amides is 2. The second-order valence-electron chi connectivity index (χ2n) is 3.71. The highest BCUT2D eigenvalue weighted by Crippen LogP contribution is 2.22. The number of aliphatic hydroxyl groups is 1. The standard InChI is InChI=1S/C12H14N2O3S/c1-8-6-10(18-9(8)4-3-5-15)12(17)14(2)7-11(13)16/h6,15H,5,7H2,1-2H3,(H2,13,16). The van der Waals surface area contributed by atoms with Gasteiger partial charge in [0.15, 0.2) is 0 Å². The highest BCUT2D eigenvalue weighted by Gasteiger charge is 2.16. The van der Waals surface area contributed by atoms with Gasteiger partial charge in [0.1, 0.15) is 6.61 Å². The van der Waals surface area contributed by atoms with Crippen LogP contribution in [0.15, 0.2) is 6.07 Å². The number of primary amides is 1. The van der Waals surface area contributed by atoms with Crippen LogP contribution in [0.4, 0.5) is 0 Å². The zero-order valence-electron chi connectivity index (χ0n) is 10.2. The fourth-order valence-electron chi connectivity index (χ4n) is 1.33. The average Bonchev–Trinajstić information content (AvgIpc) is 2.66. The molecule has 0 unspecified atom stereocenters. The Morgan fingerprint density at radius 1 is 1.56 bits per heavy atom. The van der Waals surface area contributed by atoms with Crippen molar-refractivity contribution in [1.29, 1.82) is 0 Å². The SMILES string of the molecule is Cc1cc(C(=O)N(C)CC(N)=O)sc1C#CCO. The molecule has 0 bridgehead atoms. The zero-order valence-corrected chi connectivity index (χ0v) is 11.0. The molecule has 0 saturated heterocycles. The fourth-order valence-corrected chi connectivity index (χ4v) is 2.37. The number of nitrogens with zero attached hydrogens (tertiary/aromatic N) is 1. The molecule has 1 aromatic rings. The highest BCUT2D eigenvalue weighted by molar-refractivity contribution is 7.14. The summed E-state index contributed by atoms with van der Waals surface area (Å²) in [5, 5.41) is 8.63. The van der Waals surface area contributed by atoms with E-state index in [9.17, 15) is 9.59 Å². The Balaban J connectivity index is 2.90. The van der Waals surface area contributed by atoms with Crippen molar-refractivity contribution in [1.82, 2.24) is 4.90 Å². The third-order valence-corrected chi connectivity index (χ3v) is 3.29. The van der Waals surface area contributed by atoms with Gasteiger partial charge in [-0.15, -0.1) is 11.3 Å². The van der Waals surface area contributed by atoms with Crippen molar-refractivity contribution >= 4 is 23.2 Å². The lowest BCUT2D eigenvalue weighted by molar-refractivity contribution is -0.118. The molecule has 5 nitrogen and oxygen atoms in total. The van der Waals surface area contributed by atoms with Gasteiger partial charge >= 0.3 is 0 Å². The predicted octanol–water partition coefficient (Wildman–Crippen LogP) is -0.0424. The van der Waals surface area contributed by atoms with E-state index in [1.165, 1.54) is 23.3 Å². The summed E-state index contributed by atoms with van der Waals surface area (Å²) in [6, 6.07) is 1.71. The van der Waals surface area contributed by atoms with Gasteiger partial charge in [-0.2, -0.15) is 0 Å². The Hall–Kier alpha value is -1.84. The maximum atomic E-state index is 12.0. The first-order chi connectivity index (χ1) is 8.45. The molecule has 96 valence electrons. The van der Waals surface area contributed by atoms with Crippen LogP contribution in [0.5, 0.6) is 0 Å². The van der Waals surface area contributed by atoms with E-state index in [0.717, 1.165) is 10.4 Å². The number of carbonyl (C=O) groups excluding carboxylic acids is 2. The van der Waals surface area contributed by atoms with Crippen molar-refractivity contribution in [3.8, 4) is 11.8 Å². The van der Waals surface area contributed by atoms with E-state index in [-0.39, 0.29) is 19.1 Å². The summed E-state index contributed by atoms with van der Waals surface area (Å²) in [5.74, 6) is 4.49. The van der Waals surface area contributed by atoms with Crippen molar-refractivity contribution < 1.29 is 14.7 Å². The summed E-state index contributed by atoms with van der Waals surface area (Å²) in [7, 11) is 1.52. The number of aliphatic hydroxyl groups excluding tert-OH is 1. The molecule has 0 aliphatic carbocycles. The van der Waals surface area contributed by atoms with Crippen molar-refractivity contribution in [3.63, 3.8) is 0 Å². The molecule has 3 N–H and O–H groups in total. The van der Waals surface area contributed by atoms with E-state index in [4.69, 9.17) is 10.8 Å². The van der Waals surface area contributed by atoms with Gasteiger partial charge in [-0.1, -0.05) is 11.8 Å². The molecule has 1 heterocycles. The van der Waals surface area contributed by atoms with Gasteiger partial charge in [0.2, 0.25) is 5.91 Å². The molecule has 0 radical (unpaired) electrons. The van der Waals surface area contributed by atoms with Crippen LogP contribution < -0.4 is 5.73 Å².